The van der Waals surface area contributed by atoms with Crippen LogP contribution in [-0.2, 0) is 11.3 Å². The maximum atomic E-state index is 12.8. The molecule has 6 nitrogen and oxygen atoms in total. The molecular formula is C18H24N4O2S. The number of nitrogens with zero attached hydrogens (tertiary/aromatic N) is 4. The normalized spacial score (nSPS) is 13.9. The lowest BCUT2D eigenvalue weighted by Crippen LogP contribution is -2.34. The zero-order chi connectivity index (χ0) is 17.8. The monoisotopic (exact) mass is 360 g/mol. The minimum absolute atomic E-state index is 0.136. The number of ether oxygens (including phenoxy) is 1. The largest absolute Gasteiger partial charge is 0.496 e. The molecule has 0 bridgehead atoms. The smallest absolute Gasteiger partial charge is 0.233 e. The van der Waals surface area contributed by atoms with Crippen molar-refractivity contribution in [2.45, 2.75) is 50.5 Å². The van der Waals surface area contributed by atoms with Crippen molar-refractivity contribution in [3.63, 3.8) is 0 Å². The van der Waals surface area contributed by atoms with Crippen molar-refractivity contribution < 1.29 is 9.53 Å². The average molecular weight is 360 g/mol. The fourth-order valence-electron chi connectivity index (χ4n) is 2.72. The number of para-hydroxylation sites is 1. The third-order valence-corrected chi connectivity index (χ3v) is 5.20. The lowest BCUT2D eigenvalue weighted by molar-refractivity contribution is -0.129. The summed E-state index contributed by atoms with van der Waals surface area (Å²) in [5, 5.41) is 8.87. The van der Waals surface area contributed by atoms with Gasteiger partial charge in [0.15, 0.2) is 5.16 Å². The van der Waals surface area contributed by atoms with E-state index in [4.69, 9.17) is 4.74 Å². The van der Waals surface area contributed by atoms with Crippen LogP contribution in [0.2, 0.25) is 0 Å². The third kappa shape index (κ3) is 4.34. The van der Waals surface area contributed by atoms with Crippen LogP contribution in [0.25, 0.3) is 0 Å². The van der Waals surface area contributed by atoms with Gasteiger partial charge in [-0.3, -0.25) is 4.79 Å². The van der Waals surface area contributed by atoms with Crippen LogP contribution in [0, 0.1) is 0 Å². The molecule has 1 aliphatic rings. The Kier molecular flexibility index (Phi) is 5.63. The van der Waals surface area contributed by atoms with Crippen molar-refractivity contribution >= 4 is 17.7 Å². The summed E-state index contributed by atoms with van der Waals surface area (Å²) in [4.78, 5) is 14.8. The molecule has 0 aliphatic heterocycles. The zero-order valence-electron chi connectivity index (χ0n) is 14.9. The summed E-state index contributed by atoms with van der Waals surface area (Å²) in [5.41, 5.74) is 1.04. The third-order valence-electron chi connectivity index (χ3n) is 4.26. The van der Waals surface area contributed by atoms with Gasteiger partial charge >= 0.3 is 0 Å². The first-order chi connectivity index (χ1) is 12.1. The molecule has 0 spiro atoms. The van der Waals surface area contributed by atoms with Crippen molar-refractivity contribution in [2.24, 2.45) is 0 Å². The molecular weight excluding hydrogens is 336 g/mol. The van der Waals surface area contributed by atoms with Gasteiger partial charge in [-0.2, -0.15) is 0 Å². The van der Waals surface area contributed by atoms with Gasteiger partial charge in [0.25, 0.3) is 0 Å². The van der Waals surface area contributed by atoms with E-state index in [1.807, 2.05) is 33.7 Å². The van der Waals surface area contributed by atoms with Gasteiger partial charge in [0.1, 0.15) is 12.1 Å². The van der Waals surface area contributed by atoms with Crippen molar-refractivity contribution in [3.05, 3.63) is 36.2 Å². The Labute approximate surface area is 152 Å². The van der Waals surface area contributed by atoms with Gasteiger partial charge < -0.3 is 14.2 Å². The Hall–Kier alpha value is -2.02. The van der Waals surface area contributed by atoms with E-state index < -0.39 is 0 Å². The molecule has 0 N–H and O–H groups in total. The van der Waals surface area contributed by atoms with Gasteiger partial charge in [-0.05, 0) is 32.8 Å². The Morgan fingerprint density at radius 2 is 2.16 bits per heavy atom. The minimum atomic E-state index is 0.136. The molecule has 2 aromatic rings. The topological polar surface area (TPSA) is 60.2 Å². The van der Waals surface area contributed by atoms with E-state index in [0.29, 0.717) is 18.3 Å². The Bertz CT molecular complexity index is 727. The minimum Gasteiger partial charge on any atom is -0.496 e. The highest BCUT2D eigenvalue weighted by Gasteiger charge is 2.33. The SMILES string of the molecule is COc1ccccc1CN(C(=O)CSc1nncn1C(C)C)C1CC1. The van der Waals surface area contributed by atoms with Gasteiger partial charge in [-0.25, -0.2) is 0 Å². The van der Waals surface area contributed by atoms with E-state index in [1.54, 1.807) is 13.4 Å². The molecule has 0 saturated heterocycles. The van der Waals surface area contributed by atoms with Crippen molar-refractivity contribution in [1.82, 2.24) is 19.7 Å². The fraction of sp³-hybridized carbons (Fsp3) is 0.500. The number of amides is 1. The first-order valence-electron chi connectivity index (χ1n) is 8.53. The predicted octanol–water partition coefficient (Wildman–Crippen LogP) is 3.15. The van der Waals surface area contributed by atoms with E-state index in [0.717, 1.165) is 29.3 Å². The highest BCUT2D eigenvalue weighted by Crippen LogP contribution is 2.31. The maximum absolute atomic E-state index is 12.8. The standard InChI is InChI=1S/C18H24N4O2S/c1-13(2)22-12-19-20-18(22)25-11-17(23)21(15-8-9-15)10-14-6-4-5-7-16(14)24-3/h4-7,12-13,15H,8-11H2,1-3H3. The molecule has 7 heteroatoms. The first kappa shape index (κ1) is 17.8. The van der Waals surface area contributed by atoms with Crippen LogP contribution in [0.15, 0.2) is 35.7 Å². The second-order valence-corrected chi connectivity index (χ2v) is 7.41. The summed E-state index contributed by atoms with van der Waals surface area (Å²) in [6, 6.07) is 8.50. The van der Waals surface area contributed by atoms with Crippen LogP contribution in [-0.4, -0.2) is 44.5 Å². The summed E-state index contributed by atoms with van der Waals surface area (Å²) in [6.07, 6.45) is 3.87. The molecule has 1 amide bonds. The number of benzene rings is 1. The number of methoxy groups -OCH3 is 1. The molecule has 0 atom stereocenters. The van der Waals surface area contributed by atoms with Crippen LogP contribution in [0.4, 0.5) is 0 Å². The van der Waals surface area contributed by atoms with Crippen LogP contribution in [0.5, 0.6) is 5.75 Å². The summed E-state index contributed by atoms with van der Waals surface area (Å²) in [5.74, 6) is 1.33. The first-order valence-corrected chi connectivity index (χ1v) is 9.52. The quantitative estimate of drug-likeness (QED) is 0.677. The van der Waals surface area contributed by atoms with Gasteiger partial charge in [0.05, 0.1) is 12.9 Å². The van der Waals surface area contributed by atoms with E-state index in [1.165, 1.54) is 11.8 Å². The predicted molar refractivity (Wildman–Crippen MR) is 97.7 cm³/mol. The highest BCUT2D eigenvalue weighted by molar-refractivity contribution is 7.99. The summed E-state index contributed by atoms with van der Waals surface area (Å²) in [6.45, 7) is 4.74. The average Bonchev–Trinajstić information content (AvgIpc) is 3.34. The van der Waals surface area contributed by atoms with E-state index >= 15 is 0 Å². The molecule has 1 saturated carbocycles. The maximum Gasteiger partial charge on any atom is 0.233 e. The molecule has 25 heavy (non-hydrogen) atoms. The van der Waals surface area contributed by atoms with Crippen molar-refractivity contribution in [3.8, 4) is 5.75 Å². The molecule has 1 aromatic carbocycles. The van der Waals surface area contributed by atoms with E-state index in [2.05, 4.69) is 24.0 Å². The Morgan fingerprint density at radius 1 is 1.40 bits per heavy atom. The molecule has 1 heterocycles. The summed E-state index contributed by atoms with van der Waals surface area (Å²) < 4.78 is 7.41. The Balaban J connectivity index is 1.66. The number of hydrogen-bond donors (Lipinski definition) is 0. The Morgan fingerprint density at radius 3 is 2.84 bits per heavy atom. The summed E-state index contributed by atoms with van der Waals surface area (Å²) in [7, 11) is 1.66. The lowest BCUT2D eigenvalue weighted by Gasteiger charge is -2.23. The molecule has 3 rings (SSSR count). The molecule has 1 fully saturated rings. The molecule has 0 unspecified atom stereocenters. The van der Waals surface area contributed by atoms with Crippen molar-refractivity contribution in [2.75, 3.05) is 12.9 Å². The van der Waals surface area contributed by atoms with Gasteiger partial charge in [-0.1, -0.05) is 30.0 Å². The number of carbonyl (C=O) groups is 1. The highest BCUT2D eigenvalue weighted by atomic mass is 32.2. The van der Waals surface area contributed by atoms with Crippen LogP contribution < -0.4 is 4.74 Å². The zero-order valence-corrected chi connectivity index (χ0v) is 15.7. The molecule has 0 radical (unpaired) electrons. The second-order valence-electron chi connectivity index (χ2n) is 6.47. The van der Waals surface area contributed by atoms with Crippen molar-refractivity contribution in [1.29, 1.82) is 0 Å². The van der Waals surface area contributed by atoms with Crippen LogP contribution in [0.3, 0.4) is 0 Å². The van der Waals surface area contributed by atoms with Gasteiger partial charge in [-0.15, -0.1) is 10.2 Å². The number of carbonyl (C=O) groups excluding carboxylic acids is 1. The number of thioether (sulfide) groups is 1. The number of hydrogen-bond acceptors (Lipinski definition) is 5. The lowest BCUT2D eigenvalue weighted by atomic mass is 10.2. The number of rotatable bonds is 8. The van der Waals surface area contributed by atoms with E-state index in [-0.39, 0.29) is 11.9 Å². The summed E-state index contributed by atoms with van der Waals surface area (Å²) >= 11 is 1.45. The van der Waals surface area contributed by atoms with Gasteiger partial charge in [0, 0.05) is 24.2 Å². The van der Waals surface area contributed by atoms with E-state index in [9.17, 15) is 4.79 Å². The van der Waals surface area contributed by atoms with Gasteiger partial charge in [0.2, 0.25) is 5.91 Å². The fourth-order valence-corrected chi connectivity index (χ4v) is 3.65. The molecule has 1 aliphatic carbocycles. The van der Waals surface area contributed by atoms with Crippen LogP contribution >= 0.6 is 11.8 Å². The second kappa shape index (κ2) is 7.91. The number of aromatic nitrogens is 3. The molecule has 1 aromatic heterocycles. The molecule has 134 valence electrons. The van der Waals surface area contributed by atoms with Crippen LogP contribution in [0.1, 0.15) is 38.3 Å².